The Morgan fingerprint density at radius 2 is 1.96 bits per heavy atom. The molecule has 0 fully saturated rings. The van der Waals surface area contributed by atoms with Gasteiger partial charge in [-0.15, -0.1) is 24.0 Å². The van der Waals surface area contributed by atoms with E-state index in [0.29, 0.717) is 13.2 Å². The van der Waals surface area contributed by atoms with Gasteiger partial charge in [0.05, 0.1) is 0 Å². The van der Waals surface area contributed by atoms with Gasteiger partial charge in [-0.25, -0.2) is 0 Å². The predicted molar refractivity (Wildman–Crippen MR) is 97.8 cm³/mol. The normalized spacial score (nSPS) is 11.1. The first kappa shape index (κ1) is 21.8. The Morgan fingerprint density at radius 1 is 1.30 bits per heavy atom. The highest BCUT2D eigenvalue weighted by molar-refractivity contribution is 14.0. The van der Waals surface area contributed by atoms with Gasteiger partial charge in [-0.3, -0.25) is 4.99 Å². The highest BCUT2D eigenvalue weighted by Gasteiger charge is 2.07. The number of halogens is 3. The summed E-state index contributed by atoms with van der Waals surface area (Å²) in [6.07, 6.45) is 0.892. The molecule has 1 N–H and O–H groups in total. The Balaban J connectivity index is 0.00000484. The van der Waals surface area contributed by atoms with Crippen LogP contribution in [0.2, 0.25) is 0 Å². The number of aliphatic imine (C=N–C) groups is 1. The first-order valence-electron chi connectivity index (χ1n) is 7.01. The number of hydrogen-bond donors (Lipinski definition) is 1. The molecule has 5 nitrogen and oxygen atoms in total. The van der Waals surface area contributed by atoms with E-state index >= 15 is 0 Å². The third-order valence-electron chi connectivity index (χ3n) is 2.95. The van der Waals surface area contributed by atoms with Gasteiger partial charge < -0.3 is 19.7 Å². The largest absolute Gasteiger partial charge is 0.435 e. The SMILES string of the molecule is CN=C(NCCCOC)N(C)Cc1ccc(OC(F)F)cc1.I. The number of nitrogens with one attached hydrogen (secondary N) is 1. The molecule has 0 aromatic heterocycles. The van der Waals surface area contributed by atoms with Crippen LogP contribution < -0.4 is 10.1 Å². The van der Waals surface area contributed by atoms with Gasteiger partial charge in [0.2, 0.25) is 0 Å². The molecular formula is C15H24F2IN3O2. The molecule has 1 rings (SSSR count). The van der Waals surface area contributed by atoms with Gasteiger partial charge in [-0.05, 0) is 24.1 Å². The summed E-state index contributed by atoms with van der Waals surface area (Å²) in [7, 11) is 5.30. The quantitative estimate of drug-likeness (QED) is 0.291. The van der Waals surface area contributed by atoms with E-state index in [0.717, 1.165) is 24.5 Å². The zero-order valence-corrected chi connectivity index (χ0v) is 15.9. The fraction of sp³-hybridized carbons (Fsp3) is 0.533. The van der Waals surface area contributed by atoms with Crippen molar-refractivity contribution >= 4 is 29.9 Å². The predicted octanol–water partition coefficient (Wildman–Crippen LogP) is 2.95. The number of nitrogens with zero attached hydrogens (tertiary/aromatic N) is 2. The van der Waals surface area contributed by atoms with Crippen LogP contribution in [0.25, 0.3) is 0 Å². The minimum absolute atomic E-state index is 0. The lowest BCUT2D eigenvalue weighted by Crippen LogP contribution is -2.39. The molecule has 1 aromatic rings. The van der Waals surface area contributed by atoms with Crippen molar-refractivity contribution in [3.8, 4) is 5.75 Å². The number of benzene rings is 1. The van der Waals surface area contributed by atoms with Crippen LogP contribution in [-0.2, 0) is 11.3 Å². The molecule has 0 unspecified atom stereocenters. The highest BCUT2D eigenvalue weighted by Crippen LogP contribution is 2.15. The molecule has 8 heteroatoms. The van der Waals surface area contributed by atoms with E-state index < -0.39 is 6.61 Å². The van der Waals surface area contributed by atoms with Crippen LogP contribution in [0, 0.1) is 0 Å². The minimum Gasteiger partial charge on any atom is -0.435 e. The zero-order valence-electron chi connectivity index (χ0n) is 13.6. The molecule has 0 saturated carbocycles. The molecule has 0 aliphatic carbocycles. The fourth-order valence-electron chi connectivity index (χ4n) is 1.93. The second kappa shape index (κ2) is 12.3. The van der Waals surface area contributed by atoms with Crippen LogP contribution in [0.1, 0.15) is 12.0 Å². The van der Waals surface area contributed by atoms with Crippen molar-refractivity contribution in [1.82, 2.24) is 10.2 Å². The summed E-state index contributed by atoms with van der Waals surface area (Å²) in [6, 6.07) is 6.58. The Labute approximate surface area is 153 Å². The molecule has 0 atom stereocenters. The average Bonchev–Trinajstić information content (AvgIpc) is 2.49. The second-order valence-electron chi connectivity index (χ2n) is 4.70. The molecule has 0 amide bonds. The van der Waals surface area contributed by atoms with Crippen molar-refractivity contribution in [2.24, 2.45) is 4.99 Å². The second-order valence-corrected chi connectivity index (χ2v) is 4.70. The molecule has 1 aromatic carbocycles. The van der Waals surface area contributed by atoms with Gasteiger partial charge >= 0.3 is 6.61 Å². The molecule has 23 heavy (non-hydrogen) atoms. The van der Waals surface area contributed by atoms with Gasteiger partial charge in [0.15, 0.2) is 5.96 Å². The molecule has 0 radical (unpaired) electrons. The van der Waals surface area contributed by atoms with Gasteiger partial charge in [0, 0.05) is 40.9 Å². The van der Waals surface area contributed by atoms with Crippen LogP contribution in [0.4, 0.5) is 8.78 Å². The van der Waals surface area contributed by atoms with Crippen molar-refractivity contribution in [3.63, 3.8) is 0 Å². The van der Waals surface area contributed by atoms with E-state index in [4.69, 9.17) is 4.74 Å². The van der Waals surface area contributed by atoms with Crippen LogP contribution in [0.3, 0.4) is 0 Å². The van der Waals surface area contributed by atoms with Gasteiger partial charge in [-0.1, -0.05) is 12.1 Å². The summed E-state index contributed by atoms with van der Waals surface area (Å²) < 4.78 is 33.5. The maximum absolute atomic E-state index is 12.1. The molecular weight excluding hydrogens is 419 g/mol. The van der Waals surface area contributed by atoms with Crippen molar-refractivity contribution < 1.29 is 18.3 Å². The van der Waals surface area contributed by atoms with Crippen LogP contribution in [0.15, 0.2) is 29.3 Å². The van der Waals surface area contributed by atoms with Crippen molar-refractivity contribution in [2.75, 3.05) is 34.4 Å². The van der Waals surface area contributed by atoms with Crippen LogP contribution in [0.5, 0.6) is 5.75 Å². The Kier molecular flexibility index (Phi) is 11.7. The van der Waals surface area contributed by atoms with Gasteiger partial charge in [-0.2, -0.15) is 8.78 Å². The van der Waals surface area contributed by atoms with Crippen LogP contribution >= 0.6 is 24.0 Å². The highest BCUT2D eigenvalue weighted by atomic mass is 127. The molecule has 132 valence electrons. The minimum atomic E-state index is -2.80. The number of methoxy groups -OCH3 is 1. The maximum Gasteiger partial charge on any atom is 0.387 e. The average molecular weight is 443 g/mol. The maximum atomic E-state index is 12.1. The summed E-state index contributed by atoms with van der Waals surface area (Å²) in [5.74, 6) is 0.924. The summed E-state index contributed by atoms with van der Waals surface area (Å²) in [6.45, 7) is -0.729. The Bertz CT molecular complexity index is 459. The first-order valence-corrected chi connectivity index (χ1v) is 7.01. The third kappa shape index (κ3) is 8.89. The zero-order chi connectivity index (χ0) is 16.4. The van der Waals surface area contributed by atoms with E-state index in [2.05, 4.69) is 15.0 Å². The molecule has 0 saturated heterocycles. The number of guanidine groups is 1. The lowest BCUT2D eigenvalue weighted by atomic mass is 10.2. The smallest absolute Gasteiger partial charge is 0.387 e. The lowest BCUT2D eigenvalue weighted by Gasteiger charge is -2.22. The van der Waals surface area contributed by atoms with E-state index in [9.17, 15) is 8.78 Å². The summed E-state index contributed by atoms with van der Waals surface area (Å²) in [5.41, 5.74) is 0.976. The van der Waals surface area contributed by atoms with Crippen molar-refractivity contribution in [3.05, 3.63) is 29.8 Å². The molecule has 0 aliphatic heterocycles. The third-order valence-corrected chi connectivity index (χ3v) is 2.95. The lowest BCUT2D eigenvalue weighted by molar-refractivity contribution is -0.0498. The van der Waals surface area contributed by atoms with E-state index in [-0.39, 0.29) is 29.7 Å². The number of ether oxygens (including phenoxy) is 2. The summed E-state index contributed by atoms with van der Waals surface area (Å²) in [4.78, 5) is 6.16. The molecule has 0 bridgehead atoms. The standard InChI is InChI=1S/C15H23F2N3O2.HI/c1-18-15(19-9-4-10-21-3)20(2)11-12-5-7-13(8-6-12)22-14(16)17;/h5-8,14H,4,9-11H2,1-3H3,(H,18,19);1H. The van der Waals surface area contributed by atoms with Gasteiger partial charge in [0.1, 0.15) is 5.75 Å². The Morgan fingerprint density at radius 3 is 2.48 bits per heavy atom. The monoisotopic (exact) mass is 443 g/mol. The number of hydrogen-bond acceptors (Lipinski definition) is 3. The summed E-state index contributed by atoms with van der Waals surface area (Å²) in [5, 5.41) is 3.23. The number of rotatable bonds is 8. The molecule has 0 spiro atoms. The van der Waals surface area contributed by atoms with Crippen molar-refractivity contribution in [2.45, 2.75) is 19.6 Å². The fourth-order valence-corrected chi connectivity index (χ4v) is 1.93. The summed E-state index contributed by atoms with van der Waals surface area (Å²) >= 11 is 0. The molecule has 0 heterocycles. The van der Waals surface area contributed by atoms with Crippen LogP contribution in [-0.4, -0.2) is 51.8 Å². The number of alkyl halides is 2. The molecule has 0 aliphatic rings. The van der Waals surface area contributed by atoms with E-state index in [1.54, 1.807) is 26.3 Å². The topological polar surface area (TPSA) is 46.1 Å². The first-order chi connectivity index (χ1) is 10.6. The van der Waals surface area contributed by atoms with Crippen molar-refractivity contribution in [1.29, 1.82) is 0 Å². The van der Waals surface area contributed by atoms with E-state index in [1.807, 2.05) is 11.9 Å². The van der Waals surface area contributed by atoms with Gasteiger partial charge in [0.25, 0.3) is 0 Å². The van der Waals surface area contributed by atoms with E-state index in [1.165, 1.54) is 12.1 Å². The Hall–Kier alpha value is -1.16.